The lowest BCUT2D eigenvalue weighted by molar-refractivity contribution is -0.167. The van der Waals surface area contributed by atoms with Crippen LogP contribution in [0.2, 0.25) is 0 Å². The van der Waals surface area contributed by atoms with Gasteiger partial charge in [0.2, 0.25) is 0 Å². The first kappa shape index (κ1) is 78.1. The zero-order valence-electron chi connectivity index (χ0n) is 54.3. The van der Waals surface area contributed by atoms with Crippen molar-refractivity contribution in [3.05, 3.63) is 60.8 Å². The van der Waals surface area contributed by atoms with Crippen LogP contribution in [-0.2, 0) is 28.6 Å². The summed E-state index contributed by atoms with van der Waals surface area (Å²) in [5, 5.41) is 0. The summed E-state index contributed by atoms with van der Waals surface area (Å²) in [5.74, 6) is -0.869. The average molecular weight is 1130 g/mol. The van der Waals surface area contributed by atoms with Crippen molar-refractivity contribution in [2.75, 3.05) is 13.2 Å². The Morgan fingerprint density at radius 1 is 0.247 bits per heavy atom. The Labute approximate surface area is 504 Å². The zero-order valence-corrected chi connectivity index (χ0v) is 54.3. The van der Waals surface area contributed by atoms with Crippen molar-refractivity contribution < 1.29 is 28.6 Å². The Hall–Kier alpha value is -2.89. The van der Waals surface area contributed by atoms with Gasteiger partial charge in [0, 0.05) is 19.3 Å². The first-order chi connectivity index (χ1) is 40.0. The van der Waals surface area contributed by atoms with E-state index in [1.165, 1.54) is 257 Å². The molecule has 0 radical (unpaired) electrons. The van der Waals surface area contributed by atoms with Crippen molar-refractivity contribution in [2.24, 2.45) is 0 Å². The third-order valence-electron chi connectivity index (χ3n) is 16.0. The van der Waals surface area contributed by atoms with Crippen molar-refractivity contribution in [2.45, 2.75) is 386 Å². The molecule has 472 valence electrons. The number of hydrogen-bond acceptors (Lipinski definition) is 6. The van der Waals surface area contributed by atoms with E-state index in [0.717, 1.165) is 83.5 Å². The molecule has 0 saturated heterocycles. The van der Waals surface area contributed by atoms with Gasteiger partial charge in [-0.25, -0.2) is 0 Å². The molecule has 0 rings (SSSR count). The van der Waals surface area contributed by atoms with Crippen LogP contribution in [0, 0.1) is 0 Å². The lowest BCUT2D eigenvalue weighted by Crippen LogP contribution is -2.30. The number of allylic oxidation sites excluding steroid dienone is 10. The fourth-order valence-corrected chi connectivity index (χ4v) is 10.6. The quantitative estimate of drug-likeness (QED) is 0.0261. The molecule has 1 unspecified atom stereocenters. The SMILES string of the molecule is CCCCC/C=C\C/C=C\CCCCCCCC(=O)OCC(COC(=O)CCCCCCCCCCCCCCCCCCC/C=C\C/C=C\CCCCCCC)OC(=O)CCCCCCCCCCC/C=C\CCCCCCCC. The maximum Gasteiger partial charge on any atom is 0.306 e. The molecular formula is C75H136O6. The maximum atomic E-state index is 12.9. The Balaban J connectivity index is 4.24. The van der Waals surface area contributed by atoms with Crippen molar-refractivity contribution >= 4 is 17.9 Å². The van der Waals surface area contributed by atoms with Gasteiger partial charge >= 0.3 is 17.9 Å². The van der Waals surface area contributed by atoms with E-state index < -0.39 is 6.10 Å². The van der Waals surface area contributed by atoms with Gasteiger partial charge in [-0.15, -0.1) is 0 Å². The lowest BCUT2D eigenvalue weighted by atomic mass is 10.0. The Morgan fingerprint density at radius 2 is 0.444 bits per heavy atom. The van der Waals surface area contributed by atoms with Crippen LogP contribution in [0.1, 0.15) is 380 Å². The van der Waals surface area contributed by atoms with Gasteiger partial charge in [-0.3, -0.25) is 14.4 Å². The van der Waals surface area contributed by atoms with Gasteiger partial charge in [0.15, 0.2) is 6.10 Å². The van der Waals surface area contributed by atoms with Crippen molar-refractivity contribution in [1.29, 1.82) is 0 Å². The monoisotopic (exact) mass is 1130 g/mol. The van der Waals surface area contributed by atoms with Crippen LogP contribution in [0.5, 0.6) is 0 Å². The highest BCUT2D eigenvalue weighted by atomic mass is 16.6. The molecule has 0 amide bonds. The van der Waals surface area contributed by atoms with Gasteiger partial charge in [-0.1, -0.05) is 313 Å². The molecule has 0 bridgehead atoms. The molecule has 0 aromatic heterocycles. The summed E-state index contributed by atoms with van der Waals surface area (Å²) in [6.45, 7) is 6.64. The van der Waals surface area contributed by atoms with Gasteiger partial charge in [0.05, 0.1) is 0 Å². The van der Waals surface area contributed by atoms with Crippen LogP contribution in [0.3, 0.4) is 0 Å². The van der Waals surface area contributed by atoms with E-state index in [4.69, 9.17) is 14.2 Å². The fourth-order valence-electron chi connectivity index (χ4n) is 10.6. The second kappa shape index (κ2) is 69.6. The summed E-state index contributed by atoms with van der Waals surface area (Å²) in [5.41, 5.74) is 0. The summed E-state index contributed by atoms with van der Waals surface area (Å²) in [6.07, 6.45) is 89.6. The van der Waals surface area contributed by atoms with Crippen LogP contribution in [0.15, 0.2) is 60.8 Å². The van der Waals surface area contributed by atoms with Crippen molar-refractivity contribution in [3.63, 3.8) is 0 Å². The molecule has 6 heteroatoms. The summed E-state index contributed by atoms with van der Waals surface area (Å²) in [7, 11) is 0. The number of esters is 3. The normalized spacial score (nSPS) is 12.4. The maximum absolute atomic E-state index is 12.9. The zero-order chi connectivity index (χ0) is 58.5. The number of unbranched alkanes of at least 4 members (excludes halogenated alkanes) is 45. The molecule has 0 saturated carbocycles. The van der Waals surface area contributed by atoms with Crippen LogP contribution in [0.4, 0.5) is 0 Å². The van der Waals surface area contributed by atoms with Gasteiger partial charge in [0.25, 0.3) is 0 Å². The van der Waals surface area contributed by atoms with E-state index in [9.17, 15) is 14.4 Å². The Morgan fingerprint density at radius 3 is 0.716 bits per heavy atom. The van der Waals surface area contributed by atoms with E-state index in [0.29, 0.717) is 19.3 Å². The molecule has 0 fully saturated rings. The molecule has 0 aliphatic carbocycles. The van der Waals surface area contributed by atoms with Crippen LogP contribution in [-0.4, -0.2) is 37.2 Å². The second-order valence-corrected chi connectivity index (χ2v) is 24.1. The smallest absolute Gasteiger partial charge is 0.306 e. The minimum atomic E-state index is -0.781. The topological polar surface area (TPSA) is 78.9 Å². The molecule has 0 N–H and O–H groups in total. The summed E-state index contributed by atoms with van der Waals surface area (Å²) in [6, 6.07) is 0. The van der Waals surface area contributed by atoms with Gasteiger partial charge < -0.3 is 14.2 Å². The molecule has 6 nitrogen and oxygen atoms in total. The minimum Gasteiger partial charge on any atom is -0.462 e. The first-order valence-electron chi connectivity index (χ1n) is 35.8. The summed E-state index contributed by atoms with van der Waals surface area (Å²) < 4.78 is 17.0. The van der Waals surface area contributed by atoms with Crippen LogP contribution < -0.4 is 0 Å². The van der Waals surface area contributed by atoms with E-state index in [1.807, 2.05) is 0 Å². The Kier molecular flexibility index (Phi) is 67.1. The number of carbonyl (C=O) groups is 3. The molecule has 0 aliphatic rings. The summed E-state index contributed by atoms with van der Waals surface area (Å²) >= 11 is 0. The summed E-state index contributed by atoms with van der Waals surface area (Å²) in [4.78, 5) is 38.4. The number of rotatable bonds is 66. The standard InChI is InChI=1S/C75H136O6/c1-4-7-10-13-16-19-22-25-28-30-32-33-34-35-36-37-38-39-40-41-43-44-47-50-53-56-59-62-65-68-74(77)80-71-72(70-79-73(76)67-64-61-58-55-52-49-46-27-24-21-18-15-12-9-6-3)81-75(78)69-66-63-60-57-54-51-48-45-42-31-29-26-23-20-17-14-11-8-5-2/h18,21-22,25-27,29-30,32,46,72H,4-17,19-20,23-24,28,31,33-45,47-71H2,1-3H3/b21-18-,25-22-,29-26-,32-30-,46-27-. The molecule has 81 heavy (non-hydrogen) atoms. The molecule has 0 spiro atoms. The van der Waals surface area contributed by atoms with E-state index >= 15 is 0 Å². The first-order valence-corrected chi connectivity index (χ1v) is 35.8. The molecule has 0 aromatic carbocycles. The average Bonchev–Trinajstić information content (AvgIpc) is 3.47. The van der Waals surface area contributed by atoms with E-state index in [1.54, 1.807) is 0 Å². The molecule has 0 aromatic rings. The van der Waals surface area contributed by atoms with Crippen molar-refractivity contribution in [3.8, 4) is 0 Å². The van der Waals surface area contributed by atoms with Crippen molar-refractivity contribution in [1.82, 2.24) is 0 Å². The minimum absolute atomic E-state index is 0.0761. The van der Waals surface area contributed by atoms with Crippen LogP contribution in [0.25, 0.3) is 0 Å². The molecular weight excluding hydrogens is 997 g/mol. The lowest BCUT2D eigenvalue weighted by Gasteiger charge is -2.18. The molecule has 0 heterocycles. The van der Waals surface area contributed by atoms with Gasteiger partial charge in [0.1, 0.15) is 13.2 Å². The third kappa shape index (κ3) is 67.8. The third-order valence-corrected chi connectivity index (χ3v) is 16.0. The largest absolute Gasteiger partial charge is 0.462 e. The predicted octanol–water partition coefficient (Wildman–Crippen LogP) is 24.7. The molecule has 1 atom stereocenters. The van der Waals surface area contributed by atoms with Crippen LogP contribution >= 0.6 is 0 Å². The second-order valence-electron chi connectivity index (χ2n) is 24.1. The van der Waals surface area contributed by atoms with E-state index in [2.05, 4.69) is 81.5 Å². The fraction of sp³-hybridized carbons (Fsp3) is 0.827. The highest BCUT2D eigenvalue weighted by molar-refractivity contribution is 5.71. The number of hydrogen-bond donors (Lipinski definition) is 0. The number of carbonyl (C=O) groups excluding carboxylic acids is 3. The highest BCUT2D eigenvalue weighted by Gasteiger charge is 2.19. The highest BCUT2D eigenvalue weighted by Crippen LogP contribution is 2.18. The molecule has 0 aliphatic heterocycles. The predicted molar refractivity (Wildman–Crippen MR) is 353 cm³/mol. The number of ether oxygens (including phenoxy) is 3. The Bertz CT molecular complexity index is 1440. The van der Waals surface area contributed by atoms with Gasteiger partial charge in [-0.2, -0.15) is 0 Å². The van der Waals surface area contributed by atoms with E-state index in [-0.39, 0.29) is 31.1 Å². The van der Waals surface area contributed by atoms with Gasteiger partial charge in [-0.05, 0) is 109 Å².